The Morgan fingerprint density at radius 1 is 1.43 bits per heavy atom. The van der Waals surface area contributed by atoms with E-state index in [2.05, 4.69) is 22.2 Å². The Kier molecular flexibility index (Phi) is 6.20. The van der Waals surface area contributed by atoms with Gasteiger partial charge >= 0.3 is 0 Å². The Labute approximate surface area is 129 Å². The monoisotopic (exact) mass is 312 g/mol. The zero-order chi connectivity index (χ0) is 15.1. The van der Waals surface area contributed by atoms with Gasteiger partial charge in [-0.3, -0.25) is 4.79 Å². The number of hydrogen-bond donors (Lipinski definition) is 1. The standard InChI is InChI=1S/C14H21ClN4O2/c1-2-3-12-17-11(15)10-13(18-12)16-5-4-14(20)19-6-8-21-9-7-19/h10H,2-9H2,1H3,(H,16,17,18). The van der Waals surface area contributed by atoms with Gasteiger partial charge in [-0.15, -0.1) is 0 Å². The number of hydrogen-bond acceptors (Lipinski definition) is 5. The third-order valence-electron chi connectivity index (χ3n) is 3.22. The van der Waals surface area contributed by atoms with E-state index in [-0.39, 0.29) is 5.91 Å². The average Bonchev–Trinajstić information content (AvgIpc) is 2.48. The molecule has 2 heterocycles. The second-order valence-corrected chi connectivity index (χ2v) is 5.30. The molecule has 1 fully saturated rings. The molecule has 0 bridgehead atoms. The molecular formula is C14H21ClN4O2. The molecule has 1 aliphatic heterocycles. The van der Waals surface area contributed by atoms with Crippen molar-refractivity contribution in [2.45, 2.75) is 26.2 Å². The van der Waals surface area contributed by atoms with Gasteiger partial charge in [0.1, 0.15) is 16.8 Å². The SMILES string of the molecule is CCCc1nc(Cl)cc(NCCC(=O)N2CCOCC2)n1. The van der Waals surface area contributed by atoms with Crippen LogP contribution in [0, 0.1) is 0 Å². The summed E-state index contributed by atoms with van der Waals surface area (Å²) in [5, 5.41) is 3.57. The van der Waals surface area contributed by atoms with E-state index < -0.39 is 0 Å². The molecule has 21 heavy (non-hydrogen) atoms. The summed E-state index contributed by atoms with van der Waals surface area (Å²) in [6.07, 6.45) is 2.20. The molecule has 0 aliphatic carbocycles. The second-order valence-electron chi connectivity index (χ2n) is 4.91. The van der Waals surface area contributed by atoms with Gasteiger partial charge in [-0.25, -0.2) is 9.97 Å². The van der Waals surface area contributed by atoms with Crippen molar-refractivity contribution in [2.24, 2.45) is 0 Å². The van der Waals surface area contributed by atoms with Crippen molar-refractivity contribution in [1.82, 2.24) is 14.9 Å². The summed E-state index contributed by atoms with van der Waals surface area (Å²) in [6, 6.07) is 1.68. The van der Waals surface area contributed by atoms with Crippen LogP contribution in [0.2, 0.25) is 5.15 Å². The molecule has 1 aromatic heterocycles. The zero-order valence-corrected chi connectivity index (χ0v) is 13.0. The molecule has 1 aromatic rings. The van der Waals surface area contributed by atoms with Crippen molar-refractivity contribution in [2.75, 3.05) is 38.2 Å². The van der Waals surface area contributed by atoms with E-state index in [9.17, 15) is 4.79 Å². The van der Waals surface area contributed by atoms with Crippen LogP contribution in [0.25, 0.3) is 0 Å². The van der Waals surface area contributed by atoms with Gasteiger partial charge in [0, 0.05) is 38.5 Å². The van der Waals surface area contributed by atoms with E-state index >= 15 is 0 Å². The van der Waals surface area contributed by atoms with Crippen LogP contribution in [-0.4, -0.2) is 53.6 Å². The number of rotatable bonds is 6. The highest BCUT2D eigenvalue weighted by Crippen LogP contribution is 2.12. The number of aryl methyl sites for hydroxylation is 1. The minimum Gasteiger partial charge on any atom is -0.378 e. The van der Waals surface area contributed by atoms with Crippen LogP contribution in [0.1, 0.15) is 25.6 Å². The first-order valence-electron chi connectivity index (χ1n) is 7.32. The predicted molar refractivity (Wildman–Crippen MR) is 81.5 cm³/mol. The summed E-state index contributed by atoms with van der Waals surface area (Å²) < 4.78 is 5.23. The molecule has 0 radical (unpaired) electrons. The first-order valence-corrected chi connectivity index (χ1v) is 7.69. The largest absolute Gasteiger partial charge is 0.378 e. The maximum atomic E-state index is 12.0. The molecule has 116 valence electrons. The Morgan fingerprint density at radius 2 is 2.19 bits per heavy atom. The zero-order valence-electron chi connectivity index (χ0n) is 12.3. The third-order valence-corrected chi connectivity index (χ3v) is 3.42. The van der Waals surface area contributed by atoms with Crippen molar-refractivity contribution in [1.29, 1.82) is 0 Å². The lowest BCUT2D eigenvalue weighted by molar-refractivity contribution is -0.134. The van der Waals surface area contributed by atoms with Crippen LogP contribution in [-0.2, 0) is 16.0 Å². The molecule has 1 amide bonds. The molecular weight excluding hydrogens is 292 g/mol. The lowest BCUT2D eigenvalue weighted by Crippen LogP contribution is -2.41. The Balaban J connectivity index is 1.81. The summed E-state index contributed by atoms with van der Waals surface area (Å²) >= 11 is 5.97. The number of nitrogens with zero attached hydrogens (tertiary/aromatic N) is 3. The summed E-state index contributed by atoms with van der Waals surface area (Å²) in [5.41, 5.74) is 0. The number of halogens is 1. The molecule has 0 spiro atoms. The number of carbonyl (C=O) groups excluding carboxylic acids is 1. The minimum absolute atomic E-state index is 0.139. The lowest BCUT2D eigenvalue weighted by Gasteiger charge is -2.26. The first kappa shape index (κ1) is 16.0. The lowest BCUT2D eigenvalue weighted by atomic mass is 10.3. The van der Waals surface area contributed by atoms with E-state index in [0.717, 1.165) is 18.7 Å². The van der Waals surface area contributed by atoms with E-state index in [4.69, 9.17) is 16.3 Å². The number of carbonyl (C=O) groups is 1. The number of amides is 1. The predicted octanol–water partition coefficient (Wildman–Crippen LogP) is 1.74. The minimum atomic E-state index is 0.139. The molecule has 0 saturated carbocycles. The van der Waals surface area contributed by atoms with Gasteiger partial charge < -0.3 is 15.0 Å². The van der Waals surface area contributed by atoms with Gasteiger partial charge in [0.15, 0.2) is 0 Å². The molecule has 1 saturated heterocycles. The van der Waals surface area contributed by atoms with Crippen LogP contribution >= 0.6 is 11.6 Å². The summed E-state index contributed by atoms with van der Waals surface area (Å²) in [5.74, 6) is 1.54. The molecule has 7 heteroatoms. The summed E-state index contributed by atoms with van der Waals surface area (Å²) in [7, 11) is 0. The van der Waals surface area contributed by atoms with Crippen molar-refractivity contribution in [3.8, 4) is 0 Å². The highest BCUT2D eigenvalue weighted by molar-refractivity contribution is 6.29. The second kappa shape index (κ2) is 8.14. The van der Waals surface area contributed by atoms with Crippen molar-refractivity contribution >= 4 is 23.3 Å². The van der Waals surface area contributed by atoms with Crippen molar-refractivity contribution < 1.29 is 9.53 Å². The van der Waals surface area contributed by atoms with Crippen LogP contribution in [0.3, 0.4) is 0 Å². The van der Waals surface area contributed by atoms with Gasteiger partial charge in [-0.1, -0.05) is 18.5 Å². The fraction of sp³-hybridized carbons (Fsp3) is 0.643. The Bertz CT molecular complexity index is 478. The fourth-order valence-electron chi connectivity index (χ4n) is 2.16. The topological polar surface area (TPSA) is 67.4 Å². The highest BCUT2D eigenvalue weighted by atomic mass is 35.5. The van der Waals surface area contributed by atoms with Crippen LogP contribution < -0.4 is 5.32 Å². The summed E-state index contributed by atoms with van der Waals surface area (Å²) in [6.45, 7) is 5.22. The summed E-state index contributed by atoms with van der Waals surface area (Å²) in [4.78, 5) is 22.4. The molecule has 0 unspecified atom stereocenters. The molecule has 0 aromatic carbocycles. The average molecular weight is 313 g/mol. The van der Waals surface area contributed by atoms with Crippen molar-refractivity contribution in [3.63, 3.8) is 0 Å². The van der Waals surface area contributed by atoms with E-state index in [1.807, 2.05) is 4.90 Å². The number of morpholine rings is 1. The third kappa shape index (κ3) is 5.13. The molecule has 1 N–H and O–H groups in total. The van der Waals surface area contributed by atoms with Gasteiger partial charge in [-0.05, 0) is 6.42 Å². The van der Waals surface area contributed by atoms with Gasteiger partial charge in [0.25, 0.3) is 0 Å². The number of anilines is 1. The van der Waals surface area contributed by atoms with Crippen molar-refractivity contribution in [3.05, 3.63) is 17.0 Å². The number of nitrogens with one attached hydrogen (secondary N) is 1. The number of ether oxygens (including phenoxy) is 1. The maximum absolute atomic E-state index is 12.0. The van der Waals surface area contributed by atoms with E-state index in [1.165, 1.54) is 0 Å². The Hall–Kier alpha value is -1.40. The van der Waals surface area contributed by atoms with Crippen LogP contribution in [0.5, 0.6) is 0 Å². The van der Waals surface area contributed by atoms with Crippen LogP contribution in [0.15, 0.2) is 6.07 Å². The first-order chi connectivity index (χ1) is 10.2. The van der Waals surface area contributed by atoms with Gasteiger partial charge in [0.2, 0.25) is 5.91 Å². The van der Waals surface area contributed by atoms with E-state index in [0.29, 0.717) is 50.2 Å². The molecule has 0 atom stereocenters. The molecule has 1 aliphatic rings. The highest BCUT2D eigenvalue weighted by Gasteiger charge is 2.16. The molecule has 6 nitrogen and oxygen atoms in total. The van der Waals surface area contributed by atoms with Crippen LogP contribution in [0.4, 0.5) is 5.82 Å². The normalized spacial score (nSPS) is 15.0. The number of aromatic nitrogens is 2. The fourth-order valence-corrected chi connectivity index (χ4v) is 2.36. The quantitative estimate of drug-likeness (QED) is 0.811. The molecule has 2 rings (SSSR count). The van der Waals surface area contributed by atoms with E-state index in [1.54, 1.807) is 6.07 Å². The smallest absolute Gasteiger partial charge is 0.224 e. The maximum Gasteiger partial charge on any atom is 0.224 e. The Morgan fingerprint density at radius 3 is 2.90 bits per heavy atom. The van der Waals surface area contributed by atoms with Gasteiger partial charge in [-0.2, -0.15) is 0 Å². The van der Waals surface area contributed by atoms with Gasteiger partial charge in [0.05, 0.1) is 13.2 Å².